The van der Waals surface area contributed by atoms with Crippen molar-refractivity contribution < 1.29 is 34.4 Å². The SMILES string of the molecule is CC1CCC(O)C23C(O)CCC(C)(C4CCCCC4)C2C2CC(C)(C#CCC4(CC(C5(c6ccccc6)CCCCC5)CCC4CSSCC(Cc4ccccc4)C1)C(=O)O2)C3(O)CCC1=CC(=O)OC1. The molecule has 6 fully saturated rings. The number of hydrogen-bond donors (Lipinski definition) is 3. The predicted octanol–water partition coefficient (Wildman–Crippen LogP) is 12.8. The molecule has 2 aromatic rings. The normalized spacial score (nSPS) is 41.1. The zero-order valence-electron chi connectivity index (χ0n) is 43.2. The summed E-state index contributed by atoms with van der Waals surface area (Å²) in [6.45, 7) is 6.94. The van der Waals surface area contributed by atoms with Gasteiger partial charge in [-0.3, -0.25) is 4.79 Å². The number of carbonyl (C=O) groups excluding carboxylic acids is 2. The molecule has 1 saturated heterocycles. The van der Waals surface area contributed by atoms with Crippen molar-refractivity contribution >= 4 is 33.5 Å². The van der Waals surface area contributed by atoms with Crippen LogP contribution in [0.1, 0.15) is 173 Å². The Morgan fingerprint density at radius 2 is 1.42 bits per heavy atom. The van der Waals surface area contributed by atoms with Crippen LogP contribution >= 0.6 is 21.6 Å². The van der Waals surface area contributed by atoms with Crippen LogP contribution in [0.15, 0.2) is 72.3 Å². The second-order valence-electron chi connectivity index (χ2n) is 25.0. The fourth-order valence-electron chi connectivity index (χ4n) is 17.6. The Bertz CT molecular complexity index is 2280. The average molecular weight is 1010 g/mol. The number of esters is 2. The molecule has 5 saturated carbocycles. The first-order valence-corrected chi connectivity index (χ1v) is 30.7. The zero-order chi connectivity index (χ0) is 49.5. The van der Waals surface area contributed by atoms with Crippen molar-refractivity contribution in [3.05, 3.63) is 83.4 Å². The predicted molar refractivity (Wildman–Crippen MR) is 286 cm³/mol. The van der Waals surface area contributed by atoms with Gasteiger partial charge in [-0.05, 0) is 160 Å². The number of benzene rings is 2. The van der Waals surface area contributed by atoms with Crippen molar-refractivity contribution in [2.24, 2.45) is 57.2 Å². The monoisotopic (exact) mass is 1000 g/mol. The lowest BCUT2D eigenvalue weighted by atomic mass is 9.35. The summed E-state index contributed by atoms with van der Waals surface area (Å²) in [5, 5.41) is 41.7. The smallest absolute Gasteiger partial charge is 0.331 e. The molecule has 13 atom stereocenters. The van der Waals surface area contributed by atoms with E-state index in [1.54, 1.807) is 6.08 Å². The number of fused-ring (bicyclic) bond motifs is 2. The summed E-state index contributed by atoms with van der Waals surface area (Å²) in [6.07, 6.45) is 18.3. The van der Waals surface area contributed by atoms with E-state index in [-0.39, 0.29) is 54.1 Å². The molecule has 8 aliphatic rings. The highest BCUT2D eigenvalue weighted by atomic mass is 33.1. The highest BCUT2D eigenvalue weighted by molar-refractivity contribution is 8.76. The van der Waals surface area contributed by atoms with Gasteiger partial charge >= 0.3 is 11.9 Å². The zero-order valence-corrected chi connectivity index (χ0v) is 44.9. The molecular weight excluding hydrogens is 921 g/mol. The number of aliphatic hydroxyl groups excluding tert-OH is 2. The van der Waals surface area contributed by atoms with E-state index in [2.05, 4.69) is 93.3 Å². The van der Waals surface area contributed by atoms with Crippen molar-refractivity contribution in [2.45, 2.75) is 198 Å². The minimum atomic E-state index is -1.72. The van der Waals surface area contributed by atoms with Gasteiger partial charge in [0.2, 0.25) is 0 Å². The first-order valence-electron chi connectivity index (χ1n) is 28.3. The van der Waals surface area contributed by atoms with Crippen LogP contribution in [0.3, 0.4) is 0 Å². The van der Waals surface area contributed by atoms with Crippen molar-refractivity contribution in [3.8, 4) is 11.8 Å². The average Bonchev–Trinajstić information content (AvgIpc) is 3.82. The van der Waals surface area contributed by atoms with Gasteiger partial charge < -0.3 is 24.8 Å². The topological polar surface area (TPSA) is 113 Å². The minimum absolute atomic E-state index is 0.0312. The van der Waals surface area contributed by atoms with Crippen LogP contribution in [0.25, 0.3) is 0 Å². The third-order valence-corrected chi connectivity index (χ3v) is 23.8. The van der Waals surface area contributed by atoms with E-state index < -0.39 is 51.5 Å². The lowest BCUT2D eigenvalue weighted by molar-refractivity contribution is -0.339. The highest BCUT2D eigenvalue weighted by Gasteiger charge is 2.78. The Labute approximate surface area is 434 Å². The summed E-state index contributed by atoms with van der Waals surface area (Å²) in [5.41, 5.74) is -2.16. The number of hydrogen-bond acceptors (Lipinski definition) is 9. The molecule has 0 aromatic heterocycles. The van der Waals surface area contributed by atoms with Gasteiger partial charge in [-0.25, -0.2) is 4.79 Å². The third kappa shape index (κ3) is 9.33. The Hall–Kier alpha value is -2.74. The minimum Gasteiger partial charge on any atom is -0.462 e. The van der Waals surface area contributed by atoms with Crippen molar-refractivity contribution in [3.63, 3.8) is 0 Å². The molecule has 3 heterocycles. The molecule has 4 bridgehead atoms. The molecule has 0 radical (unpaired) electrons. The largest absolute Gasteiger partial charge is 0.462 e. The maximum absolute atomic E-state index is 16.5. The van der Waals surface area contributed by atoms with Gasteiger partial charge in [-0.1, -0.05) is 141 Å². The van der Waals surface area contributed by atoms with Gasteiger partial charge in [0, 0.05) is 36.3 Å². The molecule has 9 heteroatoms. The van der Waals surface area contributed by atoms with Crippen LogP contribution < -0.4 is 0 Å². The fraction of sp³-hybridized carbons (Fsp3) is 0.710. The Morgan fingerprint density at radius 1 is 0.732 bits per heavy atom. The molecule has 10 rings (SSSR count). The summed E-state index contributed by atoms with van der Waals surface area (Å²) in [6, 6.07) is 22.1. The van der Waals surface area contributed by atoms with Crippen LogP contribution in [-0.4, -0.2) is 69.3 Å². The van der Waals surface area contributed by atoms with Gasteiger partial charge in [-0.15, -0.1) is 5.92 Å². The van der Waals surface area contributed by atoms with E-state index >= 15 is 4.79 Å². The summed E-state index contributed by atoms with van der Waals surface area (Å²) in [5.74, 6) is 9.68. The molecule has 13 unspecified atom stereocenters. The molecule has 3 N–H and O–H groups in total. The van der Waals surface area contributed by atoms with Crippen molar-refractivity contribution in [1.29, 1.82) is 0 Å². The van der Waals surface area contributed by atoms with E-state index in [4.69, 9.17) is 9.47 Å². The first-order chi connectivity index (χ1) is 34.3. The van der Waals surface area contributed by atoms with E-state index in [1.165, 1.54) is 36.8 Å². The molecule has 386 valence electrons. The second kappa shape index (κ2) is 21.1. The Morgan fingerprint density at radius 3 is 2.15 bits per heavy atom. The molecule has 3 aliphatic heterocycles. The van der Waals surface area contributed by atoms with E-state index in [1.807, 2.05) is 21.6 Å². The lowest BCUT2D eigenvalue weighted by Gasteiger charge is -2.72. The van der Waals surface area contributed by atoms with Gasteiger partial charge in [0.15, 0.2) is 0 Å². The number of aliphatic hydroxyl groups is 3. The number of rotatable bonds is 8. The van der Waals surface area contributed by atoms with E-state index in [0.717, 1.165) is 101 Å². The van der Waals surface area contributed by atoms with Crippen molar-refractivity contribution in [2.75, 3.05) is 18.1 Å². The lowest BCUT2D eigenvalue weighted by Crippen LogP contribution is -2.79. The van der Waals surface area contributed by atoms with Gasteiger partial charge in [0.25, 0.3) is 0 Å². The fourth-order valence-corrected chi connectivity index (χ4v) is 20.5. The standard InChI is InChI=1S/C62H84O7S2/c1-43-23-26-52(63)62-53(64)28-33-58(3,47-19-10-5-11-20-47)55(62)51-39-57(2,61(62,67)34-27-45-37-54(65)68-40-45)29-16-32-60(56(66)69-51)38-49(59(30-14-7-15-31-59)48-21-12-6-13-22-48)24-25-50(60)42-71-70-41-46(35-43)36-44-17-8-4-9-18-44/h4,6,8-9,12-13,17-18,21-22,37,43,46-47,49-53,55,63-64,67H,5,7,10-11,14-15,19-20,23-28,30-36,38-42H2,1-3H3. The highest BCUT2D eigenvalue weighted by Crippen LogP contribution is 2.72. The molecule has 0 amide bonds. The Balaban J connectivity index is 1.15. The van der Waals surface area contributed by atoms with Crippen LogP contribution in [0.4, 0.5) is 0 Å². The van der Waals surface area contributed by atoms with Crippen LogP contribution in [0.2, 0.25) is 0 Å². The maximum atomic E-state index is 16.5. The van der Waals surface area contributed by atoms with E-state index in [0.29, 0.717) is 38.0 Å². The van der Waals surface area contributed by atoms with Gasteiger partial charge in [0.05, 0.1) is 34.1 Å². The van der Waals surface area contributed by atoms with Crippen LogP contribution in [-0.2, 0) is 30.9 Å². The Kier molecular flexibility index (Phi) is 15.4. The summed E-state index contributed by atoms with van der Waals surface area (Å²) in [4.78, 5) is 29.0. The quantitative estimate of drug-likeness (QED) is 0.135. The van der Waals surface area contributed by atoms with Crippen LogP contribution in [0.5, 0.6) is 0 Å². The second-order valence-corrected chi connectivity index (χ2v) is 27.6. The maximum Gasteiger partial charge on any atom is 0.331 e. The molecule has 2 aromatic carbocycles. The number of carbonyl (C=O) groups is 2. The van der Waals surface area contributed by atoms with Crippen LogP contribution in [0, 0.1) is 69.0 Å². The van der Waals surface area contributed by atoms with Gasteiger partial charge in [-0.2, -0.15) is 0 Å². The third-order valence-electron chi connectivity index (χ3n) is 21.2. The molecule has 71 heavy (non-hydrogen) atoms. The van der Waals surface area contributed by atoms with Crippen molar-refractivity contribution in [1.82, 2.24) is 0 Å². The number of cyclic esters (lactones) is 1. The van der Waals surface area contributed by atoms with E-state index in [9.17, 15) is 20.1 Å². The first kappa shape index (κ1) is 51.7. The summed E-state index contributed by atoms with van der Waals surface area (Å²) in [7, 11) is 3.92. The molecule has 5 aliphatic carbocycles. The molecule has 7 nitrogen and oxygen atoms in total. The molecular formula is C62H84O7S2. The summed E-state index contributed by atoms with van der Waals surface area (Å²) >= 11 is 0. The number of ether oxygens (including phenoxy) is 2. The van der Waals surface area contributed by atoms with Gasteiger partial charge in [0.1, 0.15) is 12.7 Å². The summed E-state index contributed by atoms with van der Waals surface area (Å²) < 4.78 is 13.0. The molecule has 1 spiro atoms.